The summed E-state index contributed by atoms with van der Waals surface area (Å²) in [5.41, 5.74) is -0.854. The first-order valence-electron chi connectivity index (χ1n) is 7.86. The van der Waals surface area contributed by atoms with Gasteiger partial charge in [0.25, 0.3) is 0 Å². The molecular formula is C15H31N3O2. The second-order valence-electron chi connectivity index (χ2n) is 6.29. The molecule has 1 heterocycles. The lowest BCUT2D eigenvalue weighted by atomic mass is 10.0. The largest absolute Gasteiger partial charge is 0.389 e. The molecule has 0 aromatic carbocycles. The Morgan fingerprint density at radius 3 is 2.65 bits per heavy atom. The third-order valence-corrected chi connectivity index (χ3v) is 3.89. The Morgan fingerprint density at radius 2 is 2.10 bits per heavy atom. The van der Waals surface area contributed by atoms with Gasteiger partial charge in [-0.25, -0.2) is 4.79 Å². The van der Waals surface area contributed by atoms with Crippen LogP contribution in [0.2, 0.25) is 0 Å². The highest BCUT2D eigenvalue weighted by atomic mass is 16.3. The quantitative estimate of drug-likeness (QED) is 0.780. The summed E-state index contributed by atoms with van der Waals surface area (Å²) in [6.07, 6.45) is 3.67. The van der Waals surface area contributed by atoms with E-state index in [2.05, 4.69) is 17.1 Å². The summed E-state index contributed by atoms with van der Waals surface area (Å²) < 4.78 is 0. The molecule has 0 aromatic rings. The fraction of sp³-hybridized carbons (Fsp3) is 0.933. The van der Waals surface area contributed by atoms with Crippen molar-refractivity contribution in [3.05, 3.63) is 0 Å². The van der Waals surface area contributed by atoms with E-state index >= 15 is 0 Å². The summed E-state index contributed by atoms with van der Waals surface area (Å²) in [6, 6.07) is 0.384. The van der Waals surface area contributed by atoms with E-state index in [1.165, 1.54) is 12.8 Å². The van der Waals surface area contributed by atoms with E-state index in [1.54, 1.807) is 18.7 Å². The number of likely N-dealkylation sites (tertiary alicyclic amines) is 1. The number of aliphatic hydroxyl groups is 1. The van der Waals surface area contributed by atoms with Crippen LogP contribution in [0.15, 0.2) is 0 Å². The average molecular weight is 285 g/mol. The average Bonchev–Trinajstić information content (AvgIpc) is 2.41. The van der Waals surface area contributed by atoms with Gasteiger partial charge in [-0.1, -0.05) is 13.3 Å². The number of amides is 2. The molecule has 1 aliphatic heterocycles. The highest BCUT2D eigenvalue weighted by molar-refractivity contribution is 5.74. The van der Waals surface area contributed by atoms with Crippen molar-refractivity contribution in [2.45, 2.75) is 58.6 Å². The molecule has 118 valence electrons. The Hall–Kier alpha value is -0.810. The summed E-state index contributed by atoms with van der Waals surface area (Å²) in [6.45, 7) is 11.4. The van der Waals surface area contributed by atoms with E-state index in [1.807, 2.05) is 6.92 Å². The van der Waals surface area contributed by atoms with Crippen LogP contribution in [0.3, 0.4) is 0 Å². The Bertz CT molecular complexity index is 302. The van der Waals surface area contributed by atoms with Gasteiger partial charge in [-0.05, 0) is 46.7 Å². The van der Waals surface area contributed by atoms with Gasteiger partial charge in [0.2, 0.25) is 0 Å². The van der Waals surface area contributed by atoms with Gasteiger partial charge in [-0.2, -0.15) is 0 Å². The topological polar surface area (TPSA) is 55.8 Å². The lowest BCUT2D eigenvalue weighted by molar-refractivity contribution is 0.0474. The molecule has 1 saturated heterocycles. The monoisotopic (exact) mass is 285 g/mol. The van der Waals surface area contributed by atoms with Crippen LogP contribution in [-0.4, -0.2) is 65.3 Å². The summed E-state index contributed by atoms with van der Waals surface area (Å²) >= 11 is 0. The van der Waals surface area contributed by atoms with Crippen LogP contribution >= 0.6 is 0 Å². The lowest BCUT2D eigenvalue weighted by Crippen LogP contribution is -2.51. The molecule has 5 nitrogen and oxygen atoms in total. The van der Waals surface area contributed by atoms with Gasteiger partial charge in [0.05, 0.1) is 12.1 Å². The molecule has 5 heteroatoms. The van der Waals surface area contributed by atoms with Gasteiger partial charge in [0.1, 0.15) is 0 Å². The molecular weight excluding hydrogens is 254 g/mol. The van der Waals surface area contributed by atoms with Gasteiger partial charge in [0.15, 0.2) is 0 Å². The molecule has 1 atom stereocenters. The smallest absolute Gasteiger partial charge is 0.317 e. The van der Waals surface area contributed by atoms with Crippen LogP contribution in [0.5, 0.6) is 0 Å². The minimum Gasteiger partial charge on any atom is -0.389 e. The van der Waals surface area contributed by atoms with E-state index in [9.17, 15) is 9.90 Å². The fourth-order valence-corrected chi connectivity index (χ4v) is 2.82. The minimum atomic E-state index is -0.854. The zero-order valence-electron chi connectivity index (χ0n) is 13.5. The second kappa shape index (κ2) is 7.84. The highest BCUT2D eigenvalue weighted by Gasteiger charge is 2.24. The van der Waals surface area contributed by atoms with E-state index in [0.717, 1.165) is 19.5 Å². The first-order valence-corrected chi connectivity index (χ1v) is 7.86. The number of carbonyl (C=O) groups is 1. The van der Waals surface area contributed by atoms with Gasteiger partial charge in [-0.15, -0.1) is 0 Å². The van der Waals surface area contributed by atoms with E-state index in [0.29, 0.717) is 25.7 Å². The number of hydrogen-bond acceptors (Lipinski definition) is 3. The molecule has 20 heavy (non-hydrogen) atoms. The minimum absolute atomic E-state index is 0.0729. The Morgan fingerprint density at radius 1 is 1.40 bits per heavy atom. The van der Waals surface area contributed by atoms with Gasteiger partial charge in [-0.3, -0.25) is 4.90 Å². The van der Waals surface area contributed by atoms with E-state index in [4.69, 9.17) is 0 Å². The van der Waals surface area contributed by atoms with Crippen LogP contribution in [0.4, 0.5) is 4.79 Å². The normalized spacial score (nSPS) is 20.8. The number of piperidine rings is 1. The number of carbonyl (C=O) groups excluding carboxylic acids is 1. The molecule has 1 fully saturated rings. The number of likely N-dealkylation sites (N-methyl/N-ethyl adjacent to an activating group) is 2. The first kappa shape index (κ1) is 17.2. The van der Waals surface area contributed by atoms with Gasteiger partial charge >= 0.3 is 6.03 Å². The standard InChI is InChI=1S/C15H31N3O2/c1-5-17-10-8-7-9-13(17)11-16-14(19)18(6-2)12-15(3,4)20/h13,20H,5-12H2,1-4H3,(H,16,19). The highest BCUT2D eigenvalue weighted by Crippen LogP contribution is 2.15. The van der Waals surface area contributed by atoms with Crippen molar-refractivity contribution in [3.8, 4) is 0 Å². The second-order valence-corrected chi connectivity index (χ2v) is 6.29. The molecule has 0 aliphatic carbocycles. The lowest BCUT2D eigenvalue weighted by Gasteiger charge is -2.35. The van der Waals surface area contributed by atoms with Gasteiger partial charge < -0.3 is 15.3 Å². The molecule has 0 aromatic heterocycles. The predicted octanol–water partition coefficient (Wildman–Crippen LogP) is 1.66. The Labute approximate surface area is 123 Å². The Kier molecular flexibility index (Phi) is 6.76. The van der Waals surface area contributed by atoms with Crippen molar-refractivity contribution < 1.29 is 9.90 Å². The molecule has 0 radical (unpaired) electrons. The van der Waals surface area contributed by atoms with E-state index < -0.39 is 5.60 Å². The van der Waals surface area contributed by atoms with Crippen LogP contribution in [0.1, 0.15) is 47.0 Å². The maximum absolute atomic E-state index is 12.2. The predicted molar refractivity (Wildman–Crippen MR) is 81.8 cm³/mol. The molecule has 1 aliphatic rings. The number of hydrogen-bond donors (Lipinski definition) is 2. The first-order chi connectivity index (χ1) is 9.37. The van der Waals surface area contributed by atoms with Crippen molar-refractivity contribution in [1.82, 2.24) is 15.1 Å². The van der Waals surface area contributed by atoms with E-state index in [-0.39, 0.29) is 6.03 Å². The third-order valence-electron chi connectivity index (χ3n) is 3.89. The summed E-state index contributed by atoms with van der Waals surface area (Å²) in [4.78, 5) is 16.3. The third kappa shape index (κ3) is 5.67. The van der Waals surface area contributed by atoms with Crippen LogP contribution in [0, 0.1) is 0 Å². The number of nitrogens with one attached hydrogen (secondary N) is 1. The van der Waals surface area contributed by atoms with Crippen molar-refractivity contribution in [1.29, 1.82) is 0 Å². The maximum Gasteiger partial charge on any atom is 0.317 e. The Balaban J connectivity index is 2.44. The van der Waals surface area contributed by atoms with Crippen LogP contribution in [-0.2, 0) is 0 Å². The maximum atomic E-state index is 12.2. The molecule has 2 amide bonds. The summed E-state index contributed by atoms with van der Waals surface area (Å²) in [7, 11) is 0. The van der Waals surface area contributed by atoms with Crippen LogP contribution < -0.4 is 5.32 Å². The van der Waals surface area contributed by atoms with Crippen molar-refractivity contribution in [2.24, 2.45) is 0 Å². The molecule has 1 unspecified atom stereocenters. The molecule has 0 saturated carbocycles. The number of rotatable bonds is 6. The van der Waals surface area contributed by atoms with Crippen LogP contribution in [0.25, 0.3) is 0 Å². The number of nitrogens with zero attached hydrogens (tertiary/aromatic N) is 2. The summed E-state index contributed by atoms with van der Waals surface area (Å²) in [5, 5.41) is 12.9. The van der Waals surface area contributed by atoms with Crippen molar-refractivity contribution in [3.63, 3.8) is 0 Å². The van der Waals surface area contributed by atoms with Crippen molar-refractivity contribution in [2.75, 3.05) is 32.7 Å². The fourth-order valence-electron chi connectivity index (χ4n) is 2.82. The zero-order chi connectivity index (χ0) is 15.2. The number of urea groups is 1. The van der Waals surface area contributed by atoms with Gasteiger partial charge in [0, 0.05) is 19.1 Å². The molecule has 2 N–H and O–H groups in total. The SMILES string of the molecule is CCN(CC(C)(C)O)C(=O)NCC1CCCCN1CC. The summed E-state index contributed by atoms with van der Waals surface area (Å²) in [5.74, 6) is 0. The zero-order valence-corrected chi connectivity index (χ0v) is 13.5. The van der Waals surface area contributed by atoms with Crippen molar-refractivity contribution >= 4 is 6.03 Å². The molecule has 0 spiro atoms. The molecule has 0 bridgehead atoms. The molecule has 1 rings (SSSR count).